The van der Waals surface area contributed by atoms with Gasteiger partial charge in [0, 0.05) is 11.1 Å². The van der Waals surface area contributed by atoms with Gasteiger partial charge in [-0.3, -0.25) is 0 Å². The quantitative estimate of drug-likeness (QED) is 0.204. The normalized spacial score (nSPS) is 10.8. The molecule has 0 saturated heterocycles. The number of hydrogen-bond acceptors (Lipinski definition) is 4. The molecule has 0 aliphatic rings. The summed E-state index contributed by atoms with van der Waals surface area (Å²) in [6.45, 7) is 7.81. The largest absolute Gasteiger partial charge is 0.341 e. The van der Waals surface area contributed by atoms with E-state index in [0.29, 0.717) is 0 Å². The van der Waals surface area contributed by atoms with Gasteiger partial charge in [-0.15, -0.1) is 0 Å². The SMILES string of the molecule is CCCNCc1ncc(-c2ccc(C#Cc3ccc(-c4cnc(CNCCC)[nH]4)cc3)cc2)[nH]1. The topological polar surface area (TPSA) is 81.4 Å². The van der Waals surface area contributed by atoms with Gasteiger partial charge in [0.1, 0.15) is 11.6 Å². The van der Waals surface area contributed by atoms with Gasteiger partial charge in [-0.2, -0.15) is 0 Å². The molecule has 0 amide bonds. The molecule has 0 aliphatic heterocycles. The second-order valence-corrected chi connectivity index (χ2v) is 8.25. The molecule has 2 aromatic heterocycles. The van der Waals surface area contributed by atoms with Crippen molar-refractivity contribution in [1.82, 2.24) is 30.6 Å². The Morgan fingerprint density at radius 3 is 1.44 bits per heavy atom. The first-order valence-electron chi connectivity index (χ1n) is 12.0. The third-order valence-corrected chi connectivity index (χ3v) is 5.44. The number of nitrogens with zero attached hydrogens (tertiary/aromatic N) is 2. The summed E-state index contributed by atoms with van der Waals surface area (Å²) in [5.74, 6) is 8.42. The number of nitrogens with one attached hydrogen (secondary N) is 4. The minimum atomic E-state index is 0.758. The number of aromatic amines is 2. The highest BCUT2D eigenvalue weighted by atomic mass is 15.0. The third kappa shape index (κ3) is 6.44. The van der Waals surface area contributed by atoms with Gasteiger partial charge in [-0.05, 0) is 61.3 Å². The van der Waals surface area contributed by atoms with Crippen LogP contribution in [0, 0.1) is 11.8 Å². The molecule has 4 rings (SSSR count). The first-order chi connectivity index (χ1) is 16.7. The zero-order valence-electron chi connectivity index (χ0n) is 19.9. The average Bonchev–Trinajstić information content (AvgIpc) is 3.54. The van der Waals surface area contributed by atoms with Crippen LogP contribution in [0.2, 0.25) is 0 Å². The number of rotatable bonds is 10. The van der Waals surface area contributed by atoms with Crippen LogP contribution in [0.25, 0.3) is 22.5 Å². The molecular weight excluding hydrogens is 420 g/mol. The van der Waals surface area contributed by atoms with Gasteiger partial charge in [-0.1, -0.05) is 50.0 Å². The van der Waals surface area contributed by atoms with E-state index in [1.165, 1.54) is 0 Å². The summed E-state index contributed by atoms with van der Waals surface area (Å²) in [7, 11) is 0. The molecule has 0 spiro atoms. The molecule has 0 radical (unpaired) electrons. The first kappa shape index (κ1) is 23.5. The maximum absolute atomic E-state index is 4.45. The minimum Gasteiger partial charge on any atom is -0.341 e. The van der Waals surface area contributed by atoms with E-state index >= 15 is 0 Å². The molecule has 4 aromatic rings. The predicted molar refractivity (Wildman–Crippen MR) is 138 cm³/mol. The van der Waals surface area contributed by atoms with Gasteiger partial charge in [0.15, 0.2) is 0 Å². The Morgan fingerprint density at radius 1 is 0.647 bits per heavy atom. The summed E-state index contributed by atoms with van der Waals surface area (Å²) in [5.41, 5.74) is 6.21. The van der Waals surface area contributed by atoms with Crippen molar-refractivity contribution in [2.24, 2.45) is 0 Å². The van der Waals surface area contributed by atoms with Crippen molar-refractivity contribution in [2.75, 3.05) is 13.1 Å². The lowest BCUT2D eigenvalue weighted by atomic mass is 10.1. The number of benzene rings is 2. The lowest BCUT2D eigenvalue weighted by molar-refractivity contribution is 0.655. The molecule has 0 saturated carbocycles. The second-order valence-electron chi connectivity index (χ2n) is 8.25. The maximum atomic E-state index is 4.45. The monoisotopic (exact) mass is 452 g/mol. The van der Waals surface area contributed by atoms with Crippen LogP contribution in [0.4, 0.5) is 0 Å². The van der Waals surface area contributed by atoms with E-state index in [2.05, 4.69) is 80.5 Å². The van der Waals surface area contributed by atoms with E-state index in [9.17, 15) is 0 Å². The molecule has 2 aromatic carbocycles. The van der Waals surface area contributed by atoms with E-state index in [1.54, 1.807) is 0 Å². The molecule has 4 N–H and O–H groups in total. The molecule has 0 unspecified atom stereocenters. The Kier molecular flexibility index (Phi) is 8.28. The van der Waals surface area contributed by atoms with Crippen LogP contribution in [0.15, 0.2) is 60.9 Å². The summed E-state index contributed by atoms with van der Waals surface area (Å²) in [6, 6.07) is 16.5. The minimum absolute atomic E-state index is 0.758. The van der Waals surface area contributed by atoms with Crippen molar-refractivity contribution in [3.8, 4) is 34.4 Å². The zero-order chi connectivity index (χ0) is 23.6. The number of imidazole rings is 2. The van der Waals surface area contributed by atoms with E-state index < -0.39 is 0 Å². The zero-order valence-corrected chi connectivity index (χ0v) is 19.9. The van der Waals surface area contributed by atoms with Crippen LogP contribution in [0.3, 0.4) is 0 Å². The number of H-pyrrole nitrogens is 2. The fourth-order valence-electron chi connectivity index (χ4n) is 3.58. The predicted octanol–water partition coefficient (Wildman–Crippen LogP) is 4.87. The van der Waals surface area contributed by atoms with Crippen LogP contribution in [-0.2, 0) is 13.1 Å². The smallest absolute Gasteiger partial charge is 0.120 e. The van der Waals surface area contributed by atoms with Crippen LogP contribution >= 0.6 is 0 Å². The second kappa shape index (κ2) is 12.0. The van der Waals surface area contributed by atoms with Gasteiger partial charge in [-0.25, -0.2) is 9.97 Å². The van der Waals surface area contributed by atoms with Crippen LogP contribution in [0.1, 0.15) is 49.5 Å². The highest BCUT2D eigenvalue weighted by Crippen LogP contribution is 2.19. The molecule has 6 nitrogen and oxygen atoms in total. The standard InChI is InChI=1S/C28H32N6/c1-3-15-29-19-27-31-17-25(33-27)23-11-7-21(8-12-23)5-6-22-9-13-24(14-10-22)26-18-32-28(34-26)20-30-16-4-2/h7-14,17-18,29-30H,3-4,15-16,19-20H2,1-2H3,(H,31,33)(H,32,34). The van der Waals surface area contributed by atoms with Crippen molar-refractivity contribution in [3.63, 3.8) is 0 Å². The van der Waals surface area contributed by atoms with Gasteiger partial charge in [0.05, 0.1) is 36.9 Å². The molecular formula is C28H32N6. The van der Waals surface area contributed by atoms with Crippen molar-refractivity contribution in [3.05, 3.63) is 83.7 Å². The molecule has 0 bridgehead atoms. The van der Waals surface area contributed by atoms with Crippen molar-refractivity contribution in [1.29, 1.82) is 0 Å². The Bertz CT molecular complexity index is 1130. The average molecular weight is 453 g/mol. The van der Waals surface area contributed by atoms with Crippen molar-refractivity contribution >= 4 is 0 Å². The molecule has 6 heteroatoms. The highest BCUT2D eigenvalue weighted by molar-refractivity contribution is 5.62. The summed E-state index contributed by atoms with van der Waals surface area (Å²) in [4.78, 5) is 15.7. The lowest BCUT2D eigenvalue weighted by Crippen LogP contribution is -2.14. The van der Waals surface area contributed by atoms with Gasteiger partial charge >= 0.3 is 0 Å². The third-order valence-electron chi connectivity index (χ3n) is 5.44. The molecule has 0 atom stereocenters. The summed E-state index contributed by atoms with van der Waals surface area (Å²) < 4.78 is 0. The molecule has 174 valence electrons. The molecule has 2 heterocycles. The van der Waals surface area contributed by atoms with Crippen LogP contribution in [0.5, 0.6) is 0 Å². The summed E-state index contributed by atoms with van der Waals surface area (Å²) in [6.07, 6.45) is 6.00. The fourth-order valence-corrected chi connectivity index (χ4v) is 3.58. The summed E-state index contributed by atoms with van der Waals surface area (Å²) >= 11 is 0. The Labute approximate surface area is 201 Å². The Hall–Kier alpha value is -3.66. The van der Waals surface area contributed by atoms with Crippen molar-refractivity contribution < 1.29 is 0 Å². The summed E-state index contributed by atoms with van der Waals surface area (Å²) in [5, 5.41) is 6.72. The van der Waals surface area contributed by atoms with Gasteiger partial charge in [0.2, 0.25) is 0 Å². The Balaban J connectivity index is 1.36. The molecule has 0 fully saturated rings. The van der Waals surface area contributed by atoms with Crippen LogP contribution in [-0.4, -0.2) is 33.0 Å². The van der Waals surface area contributed by atoms with E-state index in [1.807, 2.05) is 36.7 Å². The molecule has 34 heavy (non-hydrogen) atoms. The number of aromatic nitrogens is 4. The Morgan fingerprint density at radius 2 is 1.06 bits per heavy atom. The van der Waals surface area contributed by atoms with Gasteiger partial charge < -0.3 is 20.6 Å². The highest BCUT2D eigenvalue weighted by Gasteiger charge is 2.04. The van der Waals surface area contributed by atoms with Crippen LogP contribution < -0.4 is 10.6 Å². The van der Waals surface area contributed by atoms with E-state index in [-0.39, 0.29) is 0 Å². The van der Waals surface area contributed by atoms with Crippen molar-refractivity contribution in [2.45, 2.75) is 39.8 Å². The molecule has 0 aliphatic carbocycles. The van der Waals surface area contributed by atoms with E-state index in [4.69, 9.17) is 0 Å². The maximum Gasteiger partial charge on any atom is 0.120 e. The number of hydrogen-bond donors (Lipinski definition) is 4. The van der Waals surface area contributed by atoms with Gasteiger partial charge in [0.25, 0.3) is 0 Å². The first-order valence-corrected chi connectivity index (χ1v) is 12.0. The lowest BCUT2D eigenvalue weighted by Gasteiger charge is -2.00. The fraction of sp³-hybridized carbons (Fsp3) is 0.286. The van der Waals surface area contributed by atoms with E-state index in [0.717, 1.165) is 84.3 Å².